The summed E-state index contributed by atoms with van der Waals surface area (Å²) in [6, 6.07) is 12.2. The molecule has 3 aliphatic rings. The minimum absolute atomic E-state index is 0.0664. The van der Waals surface area contributed by atoms with E-state index in [9.17, 15) is 18.4 Å². The summed E-state index contributed by atoms with van der Waals surface area (Å²) in [7, 11) is 0. The van der Waals surface area contributed by atoms with Crippen molar-refractivity contribution in [3.63, 3.8) is 0 Å². The zero-order valence-electron chi connectivity index (χ0n) is 18.4. The molecule has 0 spiro atoms. The van der Waals surface area contributed by atoms with E-state index >= 15 is 0 Å². The summed E-state index contributed by atoms with van der Waals surface area (Å²) in [5.74, 6) is -1.80. The Labute approximate surface area is 211 Å². The summed E-state index contributed by atoms with van der Waals surface area (Å²) in [5, 5.41) is 0.844. The maximum Gasteiger partial charge on any atom is 0.278 e. The van der Waals surface area contributed by atoms with Crippen molar-refractivity contribution in [1.82, 2.24) is 9.58 Å². The molecule has 3 aromatic rings. The van der Waals surface area contributed by atoms with Crippen molar-refractivity contribution < 1.29 is 22.5 Å². The Morgan fingerprint density at radius 2 is 1.86 bits per heavy atom. The SMILES string of the molecule is Fc1cc2c(cc1F)Cc1ccccc1[Se]C2.O=C1c2c(OS)c(=O)ccn2NC2COCCN12. The molecule has 7 nitrogen and oxygen atoms in total. The van der Waals surface area contributed by atoms with Crippen molar-refractivity contribution in [1.29, 1.82) is 0 Å². The van der Waals surface area contributed by atoms with Crippen LogP contribution in [0.4, 0.5) is 8.78 Å². The summed E-state index contributed by atoms with van der Waals surface area (Å²) in [4.78, 5) is 25.6. The van der Waals surface area contributed by atoms with E-state index in [-0.39, 0.29) is 28.9 Å². The number of rotatable bonds is 1. The normalized spacial score (nSPS) is 18.0. The first kappa shape index (κ1) is 23.9. The number of amides is 1. The number of thiol groups is 1. The first-order chi connectivity index (χ1) is 17.0. The number of benzene rings is 2. The molecule has 1 fully saturated rings. The average molecular weight is 564 g/mol. The van der Waals surface area contributed by atoms with E-state index in [1.165, 1.54) is 39.1 Å². The summed E-state index contributed by atoms with van der Waals surface area (Å²) in [6.07, 6.45) is 1.98. The summed E-state index contributed by atoms with van der Waals surface area (Å²) in [6.45, 7) is 1.37. The number of hydrogen-bond acceptors (Lipinski definition) is 6. The van der Waals surface area contributed by atoms with Crippen LogP contribution >= 0.6 is 12.9 Å². The van der Waals surface area contributed by atoms with Gasteiger partial charge in [0.1, 0.15) is 6.17 Å². The number of nitrogens with one attached hydrogen (secondary N) is 1. The smallest absolute Gasteiger partial charge is 0.278 e. The Morgan fingerprint density at radius 3 is 2.66 bits per heavy atom. The molecule has 3 aliphatic heterocycles. The number of halogens is 2. The van der Waals surface area contributed by atoms with Crippen LogP contribution in [0.1, 0.15) is 27.2 Å². The van der Waals surface area contributed by atoms with Crippen molar-refractivity contribution in [2.45, 2.75) is 17.9 Å². The molecule has 0 saturated carbocycles. The third-order valence-corrected chi connectivity index (χ3v) is 8.63. The summed E-state index contributed by atoms with van der Waals surface area (Å²) < 4.78 is 39.3. The van der Waals surface area contributed by atoms with Gasteiger partial charge in [0.15, 0.2) is 5.69 Å². The quantitative estimate of drug-likeness (QED) is 0.268. The van der Waals surface area contributed by atoms with Crippen LogP contribution in [0.2, 0.25) is 0 Å². The van der Waals surface area contributed by atoms with E-state index in [0.29, 0.717) is 41.1 Å². The van der Waals surface area contributed by atoms with Crippen LogP contribution in [0.3, 0.4) is 0 Å². The number of carbonyl (C=O) groups excluding carboxylic acids is 1. The zero-order valence-corrected chi connectivity index (χ0v) is 21.0. The van der Waals surface area contributed by atoms with Gasteiger partial charge in [0.05, 0.1) is 13.2 Å². The standard InChI is InChI=1S/C14H10F2Se.C10H11N3O4S/c15-12-6-10-5-9-3-1-2-4-14(9)17-8-11(10)7-13(12)16;14-6-1-2-13-8(9(6)17-18)10(15)12-3-4-16-5-7(12)11-13/h1-4,6-7H,5,8H2;1-2,7,11,18H,3-5H2. The molecule has 1 amide bonds. The predicted octanol–water partition coefficient (Wildman–Crippen LogP) is 1.83. The fourth-order valence-electron chi connectivity index (χ4n) is 4.24. The van der Waals surface area contributed by atoms with Crippen molar-refractivity contribution in [2.24, 2.45) is 0 Å². The van der Waals surface area contributed by atoms with Crippen LogP contribution in [0.25, 0.3) is 0 Å². The molecule has 6 rings (SSSR count). The van der Waals surface area contributed by atoms with Gasteiger partial charge in [0.2, 0.25) is 11.2 Å². The van der Waals surface area contributed by atoms with E-state index in [1.54, 1.807) is 4.90 Å². The first-order valence-corrected chi connectivity index (χ1v) is 13.3. The predicted molar refractivity (Wildman–Crippen MR) is 130 cm³/mol. The summed E-state index contributed by atoms with van der Waals surface area (Å²) in [5.41, 5.74) is 5.99. The molecule has 4 heterocycles. The van der Waals surface area contributed by atoms with Gasteiger partial charge in [-0.1, -0.05) is 0 Å². The van der Waals surface area contributed by atoms with Gasteiger partial charge >= 0.3 is 105 Å². The fourth-order valence-corrected chi connectivity index (χ4v) is 6.69. The molecule has 1 unspecified atom stereocenters. The van der Waals surface area contributed by atoms with Crippen molar-refractivity contribution in [2.75, 3.05) is 25.2 Å². The number of carbonyl (C=O) groups is 1. The van der Waals surface area contributed by atoms with Gasteiger partial charge in [-0.15, -0.1) is 0 Å². The fraction of sp³-hybridized carbons (Fsp3) is 0.250. The van der Waals surface area contributed by atoms with Crippen LogP contribution in [0.15, 0.2) is 53.5 Å². The number of pyridine rings is 1. The van der Waals surface area contributed by atoms with Crippen molar-refractivity contribution >= 4 is 38.2 Å². The first-order valence-electron chi connectivity index (χ1n) is 10.9. The molecular weight excluding hydrogens is 543 g/mol. The number of aromatic nitrogens is 1. The van der Waals surface area contributed by atoms with E-state index in [0.717, 1.165) is 16.4 Å². The number of hydrogen-bond donors (Lipinski definition) is 2. The second-order valence-corrected chi connectivity index (χ2v) is 10.5. The summed E-state index contributed by atoms with van der Waals surface area (Å²) >= 11 is 3.95. The van der Waals surface area contributed by atoms with Gasteiger partial charge in [0.25, 0.3) is 5.91 Å². The topological polar surface area (TPSA) is 72.8 Å². The van der Waals surface area contributed by atoms with E-state index in [2.05, 4.69) is 30.5 Å². The Morgan fingerprint density at radius 1 is 1.09 bits per heavy atom. The van der Waals surface area contributed by atoms with Crippen LogP contribution in [-0.2, 0) is 16.5 Å². The Bertz CT molecular complexity index is 1350. The molecule has 0 radical (unpaired) electrons. The van der Waals surface area contributed by atoms with Crippen molar-refractivity contribution in [3.8, 4) is 5.75 Å². The molecule has 1 aromatic heterocycles. The van der Waals surface area contributed by atoms with Crippen LogP contribution < -0.4 is 19.5 Å². The molecule has 1 saturated heterocycles. The number of morpholine rings is 1. The third-order valence-electron chi connectivity index (χ3n) is 6.01. The van der Waals surface area contributed by atoms with Gasteiger partial charge in [0, 0.05) is 31.7 Å². The number of nitrogens with zero attached hydrogens (tertiary/aromatic N) is 2. The van der Waals surface area contributed by atoms with Gasteiger partial charge in [-0.25, -0.2) is 0 Å². The molecule has 1 atom stereocenters. The minimum Gasteiger partial charge on any atom is -0.422 e. The number of fused-ring (bicyclic) bond motifs is 4. The van der Waals surface area contributed by atoms with E-state index < -0.39 is 11.6 Å². The van der Waals surface area contributed by atoms with Gasteiger partial charge in [-0.2, -0.15) is 0 Å². The molecular formula is C24H21F2N3O4SSe. The largest absolute Gasteiger partial charge is 0.422 e. The molecule has 35 heavy (non-hydrogen) atoms. The maximum atomic E-state index is 13.2. The molecule has 0 bridgehead atoms. The molecule has 1 N–H and O–H groups in total. The monoisotopic (exact) mass is 565 g/mol. The molecule has 182 valence electrons. The minimum atomic E-state index is -0.740. The van der Waals surface area contributed by atoms with Gasteiger partial charge in [-0.05, 0) is 0 Å². The van der Waals surface area contributed by atoms with Gasteiger partial charge < -0.3 is 19.2 Å². The van der Waals surface area contributed by atoms with Crippen LogP contribution in [0.5, 0.6) is 5.75 Å². The Hall–Kier alpha value is -2.85. The zero-order chi connectivity index (χ0) is 24.5. The van der Waals surface area contributed by atoms with E-state index in [4.69, 9.17) is 8.92 Å². The van der Waals surface area contributed by atoms with Crippen LogP contribution in [0, 0.1) is 11.6 Å². The maximum absolute atomic E-state index is 13.2. The molecule has 11 heteroatoms. The number of ether oxygens (including phenoxy) is 1. The Balaban J connectivity index is 0.000000145. The molecule has 0 aliphatic carbocycles. The average Bonchev–Trinajstić information content (AvgIpc) is 3.04. The third kappa shape index (κ3) is 4.69. The van der Waals surface area contributed by atoms with Gasteiger partial charge in [-0.3, -0.25) is 14.3 Å². The second-order valence-electron chi connectivity index (χ2n) is 8.15. The van der Waals surface area contributed by atoms with Crippen LogP contribution in [-0.4, -0.2) is 56.4 Å². The van der Waals surface area contributed by atoms with E-state index in [1.807, 2.05) is 12.1 Å². The Kier molecular flexibility index (Phi) is 6.84. The van der Waals surface area contributed by atoms with Crippen molar-refractivity contribution in [3.05, 3.63) is 92.9 Å². The molecule has 2 aromatic carbocycles. The second kappa shape index (κ2) is 10.0.